The van der Waals surface area contributed by atoms with E-state index in [2.05, 4.69) is 5.10 Å². The van der Waals surface area contributed by atoms with E-state index in [1.807, 2.05) is 6.92 Å². The first-order valence-corrected chi connectivity index (χ1v) is 4.18. The Bertz CT molecular complexity index is 444. The molecule has 0 bridgehead atoms. The van der Waals surface area contributed by atoms with E-state index in [1.54, 1.807) is 23.0 Å². The number of hydrogen-bond donors (Lipinski definition) is 1. The molecule has 2 heterocycles. The van der Waals surface area contributed by atoms with Crippen molar-refractivity contribution in [2.75, 3.05) is 5.73 Å². The lowest BCUT2D eigenvalue weighted by Gasteiger charge is -1.99. The summed E-state index contributed by atoms with van der Waals surface area (Å²) in [5, 5.41) is 15.2. The molecule has 5 nitrogen and oxygen atoms in total. The molecule has 2 aromatic heterocycles. The summed E-state index contributed by atoms with van der Waals surface area (Å²) in [6.07, 6.45) is 4.54. The van der Waals surface area contributed by atoms with E-state index in [0.717, 1.165) is 10.4 Å². The Morgan fingerprint density at radius 3 is 2.93 bits per heavy atom. The molecule has 0 spiro atoms. The summed E-state index contributed by atoms with van der Waals surface area (Å²) in [4.78, 5) is 0. The highest BCUT2D eigenvalue weighted by Crippen LogP contribution is 2.11. The molecule has 0 saturated heterocycles. The van der Waals surface area contributed by atoms with E-state index in [1.165, 1.54) is 12.4 Å². The molecule has 14 heavy (non-hydrogen) atoms. The molecule has 5 heteroatoms. The van der Waals surface area contributed by atoms with E-state index in [0.29, 0.717) is 11.4 Å². The van der Waals surface area contributed by atoms with Gasteiger partial charge in [-0.1, -0.05) is 0 Å². The first-order chi connectivity index (χ1) is 6.66. The van der Waals surface area contributed by atoms with E-state index in [4.69, 9.17) is 5.73 Å². The molecule has 72 valence electrons. The van der Waals surface area contributed by atoms with Crippen LogP contribution in [0.2, 0.25) is 0 Å². The van der Waals surface area contributed by atoms with Gasteiger partial charge in [0.1, 0.15) is 5.69 Å². The van der Waals surface area contributed by atoms with Crippen LogP contribution >= 0.6 is 0 Å². The van der Waals surface area contributed by atoms with Gasteiger partial charge in [-0.25, -0.2) is 4.68 Å². The normalized spacial score (nSPS) is 10.4. The van der Waals surface area contributed by atoms with Crippen LogP contribution in [0.3, 0.4) is 0 Å². The Morgan fingerprint density at radius 1 is 1.57 bits per heavy atom. The average Bonchev–Trinajstić information content (AvgIpc) is 2.47. The van der Waals surface area contributed by atoms with E-state index >= 15 is 0 Å². The molecule has 2 rings (SSSR count). The second-order valence-electron chi connectivity index (χ2n) is 3.04. The first-order valence-electron chi connectivity index (χ1n) is 4.18. The zero-order valence-corrected chi connectivity index (χ0v) is 7.71. The summed E-state index contributed by atoms with van der Waals surface area (Å²) in [5.74, 6) is 0. The van der Waals surface area contributed by atoms with E-state index < -0.39 is 0 Å². The van der Waals surface area contributed by atoms with Crippen LogP contribution in [-0.2, 0) is 0 Å². The molecular weight excluding hydrogens is 180 g/mol. The van der Waals surface area contributed by atoms with Crippen molar-refractivity contribution in [1.82, 2.24) is 9.78 Å². The van der Waals surface area contributed by atoms with Crippen molar-refractivity contribution in [1.29, 1.82) is 0 Å². The third kappa shape index (κ3) is 1.39. The molecule has 0 aliphatic rings. The fourth-order valence-corrected chi connectivity index (χ4v) is 1.18. The lowest BCUT2D eigenvalue weighted by atomic mass is 10.4. The van der Waals surface area contributed by atoms with Gasteiger partial charge in [0.05, 0.1) is 17.6 Å². The summed E-state index contributed by atoms with van der Waals surface area (Å²) in [6.45, 7) is 1.82. The van der Waals surface area contributed by atoms with Crippen LogP contribution in [0, 0.1) is 12.1 Å². The molecule has 0 fully saturated rings. The third-order valence-electron chi connectivity index (χ3n) is 1.96. The Kier molecular flexibility index (Phi) is 1.85. The summed E-state index contributed by atoms with van der Waals surface area (Å²) in [6, 6.07) is 3.45. The van der Waals surface area contributed by atoms with Gasteiger partial charge in [0, 0.05) is 6.07 Å². The molecule has 0 aliphatic carbocycles. The van der Waals surface area contributed by atoms with Gasteiger partial charge in [-0.05, 0) is 13.0 Å². The van der Waals surface area contributed by atoms with Gasteiger partial charge in [-0.3, -0.25) is 0 Å². The second-order valence-corrected chi connectivity index (χ2v) is 3.04. The second kappa shape index (κ2) is 3.02. The maximum atomic E-state index is 11.0. The number of pyridine rings is 1. The fraction of sp³-hybridized carbons (Fsp3) is 0.111. The molecule has 0 unspecified atom stereocenters. The van der Waals surface area contributed by atoms with Gasteiger partial charge in [0.15, 0.2) is 6.20 Å². The van der Waals surface area contributed by atoms with E-state index in [9.17, 15) is 5.21 Å². The maximum Gasteiger partial charge on any atom is 0.206 e. The van der Waals surface area contributed by atoms with Crippen molar-refractivity contribution in [2.45, 2.75) is 6.92 Å². The SMILES string of the molecule is Cc1nn(-c2ccc[n+]([O-])c2)cc1N. The third-order valence-corrected chi connectivity index (χ3v) is 1.96. The highest BCUT2D eigenvalue weighted by Gasteiger charge is 2.04. The van der Waals surface area contributed by atoms with Gasteiger partial charge < -0.3 is 10.9 Å². The number of nitrogens with two attached hydrogens (primary N) is 1. The van der Waals surface area contributed by atoms with E-state index in [-0.39, 0.29) is 0 Å². The Labute approximate surface area is 81.0 Å². The van der Waals surface area contributed by atoms with Crippen molar-refractivity contribution in [3.8, 4) is 5.69 Å². The van der Waals surface area contributed by atoms with Gasteiger partial charge in [-0.15, -0.1) is 0 Å². The monoisotopic (exact) mass is 190 g/mol. The summed E-state index contributed by atoms with van der Waals surface area (Å²) >= 11 is 0. The van der Waals surface area contributed by atoms with Crippen LogP contribution < -0.4 is 10.5 Å². The minimum atomic E-state index is 0.617. The highest BCUT2D eigenvalue weighted by atomic mass is 16.5. The smallest absolute Gasteiger partial charge is 0.206 e. The predicted octanol–water partition coefficient (Wildman–Crippen LogP) is 0.396. The zero-order valence-electron chi connectivity index (χ0n) is 7.71. The largest absolute Gasteiger partial charge is 0.619 e. The molecule has 0 saturated carbocycles. The minimum Gasteiger partial charge on any atom is -0.619 e. The molecule has 0 atom stereocenters. The van der Waals surface area contributed by atoms with Gasteiger partial charge in [-0.2, -0.15) is 9.83 Å². The standard InChI is InChI=1S/C9H10N4O/c1-7-9(10)6-13(11-7)8-3-2-4-12(14)5-8/h2-6H,10H2,1H3. The van der Waals surface area contributed by atoms with Crippen LogP contribution in [0.1, 0.15) is 5.69 Å². The highest BCUT2D eigenvalue weighted by molar-refractivity contribution is 5.42. The fourth-order valence-electron chi connectivity index (χ4n) is 1.18. The average molecular weight is 190 g/mol. The van der Waals surface area contributed by atoms with Crippen molar-refractivity contribution < 1.29 is 4.73 Å². The number of rotatable bonds is 1. The molecule has 2 aromatic rings. The number of nitrogens with zero attached hydrogens (tertiary/aromatic N) is 3. The molecule has 0 aromatic carbocycles. The van der Waals surface area contributed by atoms with Crippen LogP contribution in [-0.4, -0.2) is 9.78 Å². The molecular formula is C9H10N4O. The number of aromatic nitrogens is 3. The minimum absolute atomic E-state index is 0.617. The number of hydrogen-bond acceptors (Lipinski definition) is 3. The van der Waals surface area contributed by atoms with Crippen molar-refractivity contribution in [2.24, 2.45) is 0 Å². The Balaban J connectivity index is 2.49. The maximum absolute atomic E-state index is 11.0. The molecule has 0 radical (unpaired) electrons. The number of anilines is 1. The summed E-state index contributed by atoms with van der Waals surface area (Å²) < 4.78 is 2.31. The topological polar surface area (TPSA) is 70.8 Å². The quantitative estimate of drug-likeness (QED) is 0.522. The van der Waals surface area contributed by atoms with Crippen LogP contribution in [0.4, 0.5) is 5.69 Å². The van der Waals surface area contributed by atoms with Crippen LogP contribution in [0.15, 0.2) is 30.7 Å². The zero-order chi connectivity index (χ0) is 10.1. The van der Waals surface area contributed by atoms with Crippen molar-refractivity contribution in [3.63, 3.8) is 0 Å². The number of aryl methyl sites for hydroxylation is 1. The first kappa shape index (κ1) is 8.55. The molecule has 0 amide bonds. The summed E-state index contributed by atoms with van der Waals surface area (Å²) in [7, 11) is 0. The molecule has 2 N–H and O–H groups in total. The van der Waals surface area contributed by atoms with Crippen LogP contribution in [0.25, 0.3) is 5.69 Å². The summed E-state index contributed by atoms with van der Waals surface area (Å²) in [5.41, 5.74) is 7.72. The van der Waals surface area contributed by atoms with Gasteiger partial charge >= 0.3 is 0 Å². The van der Waals surface area contributed by atoms with Crippen molar-refractivity contribution in [3.05, 3.63) is 41.6 Å². The van der Waals surface area contributed by atoms with Gasteiger partial charge in [0.2, 0.25) is 6.20 Å². The predicted molar refractivity (Wildman–Crippen MR) is 51.7 cm³/mol. The number of nitrogen functional groups attached to an aromatic ring is 1. The lowest BCUT2D eigenvalue weighted by molar-refractivity contribution is -0.605. The van der Waals surface area contributed by atoms with Crippen LogP contribution in [0.5, 0.6) is 0 Å². The lowest BCUT2D eigenvalue weighted by Crippen LogP contribution is -2.25. The van der Waals surface area contributed by atoms with Gasteiger partial charge in [0.25, 0.3) is 0 Å². The Morgan fingerprint density at radius 2 is 2.36 bits per heavy atom. The Hall–Kier alpha value is -2.04. The van der Waals surface area contributed by atoms with Crippen molar-refractivity contribution >= 4 is 5.69 Å². The molecule has 0 aliphatic heterocycles.